The number of hydrogen-bond acceptors (Lipinski definition) is 2. The third kappa shape index (κ3) is 1.70. The van der Waals surface area contributed by atoms with Crippen molar-refractivity contribution in [2.45, 2.75) is 13.8 Å². The van der Waals surface area contributed by atoms with Crippen LogP contribution in [0.5, 0.6) is 0 Å². The van der Waals surface area contributed by atoms with Crippen LogP contribution in [0.4, 0.5) is 0 Å². The summed E-state index contributed by atoms with van der Waals surface area (Å²) in [5, 5.41) is 12.7. The fraction of sp³-hybridized carbons (Fsp3) is 0.600. The van der Waals surface area contributed by atoms with Gasteiger partial charge in [-0.2, -0.15) is 0 Å². The lowest BCUT2D eigenvalue weighted by Crippen LogP contribution is -2.26. The number of allylic oxidation sites excluding steroid dienone is 1. The Balaban J connectivity index is 2.79. The molecule has 0 aromatic rings. The Morgan fingerprint density at radius 3 is 2.38 bits per heavy atom. The summed E-state index contributed by atoms with van der Waals surface area (Å²) in [6.07, 6.45) is 0. The van der Waals surface area contributed by atoms with Crippen molar-refractivity contribution in [1.29, 1.82) is 0 Å². The molecule has 0 unspecified atom stereocenters. The Kier molecular flexibility index (Phi) is 2.66. The zero-order chi connectivity index (χ0) is 10.1. The largest absolute Gasteiger partial charge is 0.502 e. The fourth-order valence-corrected chi connectivity index (χ4v) is 1.46. The van der Waals surface area contributed by atoms with E-state index in [1.54, 1.807) is 7.05 Å². The van der Waals surface area contributed by atoms with Crippen LogP contribution >= 0.6 is 0 Å². The van der Waals surface area contributed by atoms with Gasteiger partial charge in [-0.3, -0.25) is 4.48 Å². The van der Waals surface area contributed by atoms with Crippen molar-refractivity contribution in [1.82, 2.24) is 5.32 Å². The molecule has 0 aliphatic carbocycles. The van der Waals surface area contributed by atoms with Crippen LogP contribution < -0.4 is 5.32 Å². The van der Waals surface area contributed by atoms with E-state index in [-0.39, 0.29) is 0 Å². The number of aliphatic hydroxyl groups excluding tert-OH is 1. The Bertz CT molecular complexity index is 252. The summed E-state index contributed by atoms with van der Waals surface area (Å²) in [6, 6.07) is 0. The Morgan fingerprint density at radius 1 is 1.54 bits per heavy atom. The molecule has 1 aliphatic heterocycles. The van der Waals surface area contributed by atoms with E-state index in [2.05, 4.69) is 18.8 Å². The molecule has 0 amide bonds. The highest BCUT2D eigenvalue weighted by Gasteiger charge is 2.45. The average Bonchev–Trinajstić information content (AvgIpc) is 2.95. The van der Waals surface area contributed by atoms with Gasteiger partial charge in [0.2, 0.25) is 0 Å². The molecule has 74 valence electrons. The van der Waals surface area contributed by atoms with E-state index in [0.717, 1.165) is 35.5 Å². The molecule has 3 nitrogen and oxygen atoms in total. The maximum atomic E-state index is 9.79. The second-order valence-corrected chi connectivity index (χ2v) is 3.58. The first kappa shape index (κ1) is 10.1. The molecule has 0 aromatic heterocycles. The molecule has 1 aliphatic rings. The van der Waals surface area contributed by atoms with Gasteiger partial charge in [0.05, 0.1) is 12.2 Å². The molecule has 0 atom stereocenters. The minimum atomic E-state index is 0.321. The zero-order valence-corrected chi connectivity index (χ0v) is 8.72. The van der Waals surface area contributed by atoms with Crippen LogP contribution in [0, 0.1) is 0 Å². The van der Waals surface area contributed by atoms with Crippen LogP contribution in [0.3, 0.4) is 0 Å². The third-order valence-corrected chi connectivity index (χ3v) is 2.94. The van der Waals surface area contributed by atoms with Gasteiger partial charge in [-0.25, -0.2) is 0 Å². The fourth-order valence-electron chi connectivity index (χ4n) is 1.46. The molecule has 1 saturated heterocycles. The predicted octanol–water partition coefficient (Wildman–Crippen LogP) is 1.36. The Morgan fingerprint density at radius 2 is 2.08 bits per heavy atom. The van der Waals surface area contributed by atoms with E-state index in [1.165, 1.54) is 0 Å². The standard InChI is InChI=1S/C10H18N2O/c1-5-12(6-7-12)9(3)10(13)8(2)11-4/h11H,3,5-7H2,1-2,4H3/p+1/b10-8-. The van der Waals surface area contributed by atoms with Gasteiger partial charge in [0.25, 0.3) is 0 Å². The average molecular weight is 183 g/mol. The topological polar surface area (TPSA) is 32.3 Å². The molecule has 0 bridgehead atoms. The minimum absolute atomic E-state index is 0.321. The summed E-state index contributed by atoms with van der Waals surface area (Å²) >= 11 is 0. The molecule has 0 saturated carbocycles. The van der Waals surface area contributed by atoms with E-state index in [4.69, 9.17) is 0 Å². The molecular weight excluding hydrogens is 164 g/mol. The quantitative estimate of drug-likeness (QED) is 0.298. The van der Waals surface area contributed by atoms with Crippen LogP contribution in [-0.4, -0.2) is 36.3 Å². The summed E-state index contributed by atoms with van der Waals surface area (Å²) in [6.45, 7) is 11.2. The summed E-state index contributed by atoms with van der Waals surface area (Å²) in [5.41, 5.74) is 1.64. The molecule has 1 heterocycles. The molecule has 0 spiro atoms. The van der Waals surface area contributed by atoms with Crippen molar-refractivity contribution < 1.29 is 9.59 Å². The maximum absolute atomic E-state index is 9.79. The van der Waals surface area contributed by atoms with E-state index in [1.807, 2.05) is 6.92 Å². The zero-order valence-electron chi connectivity index (χ0n) is 8.72. The highest BCUT2D eigenvalue weighted by molar-refractivity contribution is 5.21. The first-order valence-electron chi connectivity index (χ1n) is 4.71. The van der Waals surface area contributed by atoms with Crippen LogP contribution in [0.1, 0.15) is 13.8 Å². The van der Waals surface area contributed by atoms with Gasteiger partial charge in [-0.05, 0) is 20.4 Å². The second-order valence-electron chi connectivity index (χ2n) is 3.58. The van der Waals surface area contributed by atoms with E-state index < -0.39 is 0 Å². The van der Waals surface area contributed by atoms with E-state index in [9.17, 15) is 5.11 Å². The van der Waals surface area contributed by atoms with Crippen molar-refractivity contribution in [2.75, 3.05) is 26.7 Å². The number of likely N-dealkylation sites (N-methyl/N-ethyl adjacent to an activating group) is 1. The van der Waals surface area contributed by atoms with Crippen LogP contribution in [0.2, 0.25) is 0 Å². The minimum Gasteiger partial charge on any atom is -0.502 e. The van der Waals surface area contributed by atoms with E-state index in [0.29, 0.717) is 5.76 Å². The lowest BCUT2D eigenvalue weighted by atomic mass is 10.3. The van der Waals surface area contributed by atoms with Crippen molar-refractivity contribution in [3.8, 4) is 0 Å². The van der Waals surface area contributed by atoms with Crippen LogP contribution in [0.25, 0.3) is 0 Å². The summed E-state index contributed by atoms with van der Waals surface area (Å²) in [7, 11) is 1.80. The SMILES string of the molecule is C=C(/C(O)=C(\C)NC)[N+]1(CC)CC1. The number of rotatable bonds is 4. The molecular formula is C10H19N2O+. The van der Waals surface area contributed by atoms with Crippen LogP contribution in [-0.2, 0) is 0 Å². The summed E-state index contributed by atoms with van der Waals surface area (Å²) in [5.74, 6) is 0.321. The summed E-state index contributed by atoms with van der Waals surface area (Å²) < 4.78 is 0.852. The van der Waals surface area contributed by atoms with Crippen molar-refractivity contribution >= 4 is 0 Å². The second kappa shape index (κ2) is 3.42. The van der Waals surface area contributed by atoms with Gasteiger partial charge >= 0.3 is 0 Å². The van der Waals surface area contributed by atoms with Crippen LogP contribution in [0.15, 0.2) is 23.7 Å². The van der Waals surface area contributed by atoms with Crippen molar-refractivity contribution in [2.24, 2.45) is 0 Å². The van der Waals surface area contributed by atoms with Gasteiger partial charge in [0.1, 0.15) is 13.1 Å². The van der Waals surface area contributed by atoms with Crippen molar-refractivity contribution in [3.05, 3.63) is 23.7 Å². The number of hydrogen-bond donors (Lipinski definition) is 2. The van der Waals surface area contributed by atoms with Crippen molar-refractivity contribution in [3.63, 3.8) is 0 Å². The Labute approximate surface area is 80.0 Å². The van der Waals surface area contributed by atoms with Gasteiger partial charge in [0.15, 0.2) is 11.5 Å². The number of nitrogens with one attached hydrogen (secondary N) is 1. The normalized spacial score (nSPS) is 20.5. The highest BCUT2D eigenvalue weighted by Crippen LogP contribution is 2.31. The first-order chi connectivity index (χ1) is 6.07. The number of quaternary nitrogens is 1. The van der Waals surface area contributed by atoms with Gasteiger partial charge in [0, 0.05) is 7.05 Å². The molecule has 0 radical (unpaired) electrons. The molecule has 13 heavy (non-hydrogen) atoms. The molecule has 3 heteroatoms. The molecule has 2 N–H and O–H groups in total. The smallest absolute Gasteiger partial charge is 0.195 e. The van der Waals surface area contributed by atoms with E-state index >= 15 is 0 Å². The number of aliphatic hydroxyl groups is 1. The first-order valence-corrected chi connectivity index (χ1v) is 4.71. The lowest BCUT2D eigenvalue weighted by Gasteiger charge is -2.18. The van der Waals surface area contributed by atoms with Gasteiger partial charge in [-0.15, -0.1) is 0 Å². The molecule has 1 rings (SSSR count). The highest BCUT2D eigenvalue weighted by atomic mass is 16.3. The predicted molar refractivity (Wildman–Crippen MR) is 54.1 cm³/mol. The number of nitrogens with zero attached hydrogens (tertiary/aromatic N) is 1. The maximum Gasteiger partial charge on any atom is 0.195 e. The lowest BCUT2D eigenvalue weighted by molar-refractivity contribution is -0.754. The molecule has 1 fully saturated rings. The molecule has 0 aromatic carbocycles. The van der Waals surface area contributed by atoms with Gasteiger partial charge in [-0.1, -0.05) is 0 Å². The summed E-state index contributed by atoms with van der Waals surface area (Å²) in [4.78, 5) is 0. The third-order valence-electron chi connectivity index (χ3n) is 2.94. The van der Waals surface area contributed by atoms with Gasteiger partial charge < -0.3 is 10.4 Å². The Hall–Kier alpha value is -0.960. The monoisotopic (exact) mass is 183 g/mol.